The minimum atomic E-state index is -0.627. The van der Waals surface area contributed by atoms with Gasteiger partial charge >= 0.3 is 0 Å². The Morgan fingerprint density at radius 3 is 2.56 bits per heavy atom. The Bertz CT molecular complexity index is 504. The molecule has 0 saturated heterocycles. The quantitative estimate of drug-likeness (QED) is 0.853. The van der Waals surface area contributed by atoms with E-state index in [0.29, 0.717) is 5.02 Å². The minimum absolute atomic E-state index is 0.622. The minimum Gasteiger partial charge on any atom is -0.384 e. The molecule has 0 saturated carbocycles. The molecule has 0 radical (unpaired) electrons. The third-order valence-electron chi connectivity index (χ3n) is 2.52. The number of hydrogen-bond donors (Lipinski definition) is 1. The van der Waals surface area contributed by atoms with Crippen LogP contribution in [0.5, 0.6) is 0 Å². The van der Waals surface area contributed by atoms with Crippen molar-refractivity contribution in [1.82, 2.24) is 0 Å². The summed E-state index contributed by atoms with van der Waals surface area (Å²) in [6, 6.07) is 7.71. The topological polar surface area (TPSA) is 20.2 Å². The summed E-state index contributed by atoms with van der Waals surface area (Å²) in [4.78, 5) is 1.19. The van der Waals surface area contributed by atoms with Crippen LogP contribution in [0.15, 0.2) is 29.6 Å². The highest BCUT2D eigenvalue weighted by Gasteiger charge is 2.14. The zero-order chi connectivity index (χ0) is 11.7. The summed E-state index contributed by atoms with van der Waals surface area (Å²) in [5.74, 6) is 0. The van der Waals surface area contributed by atoms with E-state index in [-0.39, 0.29) is 0 Å². The maximum Gasteiger partial charge on any atom is 0.106 e. The second kappa shape index (κ2) is 4.58. The number of thiophene rings is 1. The van der Waals surface area contributed by atoms with Crippen LogP contribution in [-0.4, -0.2) is 5.11 Å². The van der Waals surface area contributed by atoms with Crippen molar-refractivity contribution in [3.63, 3.8) is 0 Å². The van der Waals surface area contributed by atoms with Gasteiger partial charge in [0.2, 0.25) is 0 Å². The predicted molar refractivity (Wildman–Crippen MR) is 69.3 cm³/mol. The summed E-state index contributed by atoms with van der Waals surface area (Å²) in [6.45, 7) is 4.01. The Morgan fingerprint density at radius 2 is 2.00 bits per heavy atom. The van der Waals surface area contributed by atoms with Crippen LogP contribution in [-0.2, 0) is 0 Å². The van der Waals surface area contributed by atoms with Gasteiger partial charge in [0.05, 0.1) is 0 Å². The first kappa shape index (κ1) is 11.6. The molecular formula is C13H13ClOS. The fraction of sp³-hybridized carbons (Fsp3) is 0.231. The average molecular weight is 253 g/mol. The van der Waals surface area contributed by atoms with Gasteiger partial charge in [-0.3, -0.25) is 0 Å². The molecule has 2 rings (SSSR count). The fourth-order valence-corrected chi connectivity index (χ4v) is 2.70. The van der Waals surface area contributed by atoms with Crippen molar-refractivity contribution < 1.29 is 5.11 Å². The normalized spacial score (nSPS) is 12.8. The Kier molecular flexibility index (Phi) is 3.33. The SMILES string of the molecule is Cc1ccc(C(O)c2csc(C)c2)c(Cl)c1. The average Bonchev–Trinajstić information content (AvgIpc) is 2.64. The van der Waals surface area contributed by atoms with Gasteiger partial charge in [-0.15, -0.1) is 11.3 Å². The van der Waals surface area contributed by atoms with Crippen LogP contribution in [0, 0.1) is 13.8 Å². The van der Waals surface area contributed by atoms with Crippen LogP contribution < -0.4 is 0 Å². The lowest BCUT2D eigenvalue weighted by molar-refractivity contribution is 0.221. The molecule has 0 spiro atoms. The van der Waals surface area contributed by atoms with Crippen LogP contribution in [0.1, 0.15) is 27.7 Å². The summed E-state index contributed by atoms with van der Waals surface area (Å²) >= 11 is 7.76. The van der Waals surface area contributed by atoms with E-state index in [1.807, 2.05) is 43.5 Å². The Balaban J connectivity index is 2.37. The Morgan fingerprint density at radius 1 is 1.25 bits per heavy atom. The second-order valence-corrected chi connectivity index (χ2v) is 5.44. The van der Waals surface area contributed by atoms with Gasteiger partial charge in [0.15, 0.2) is 0 Å². The number of halogens is 1. The highest BCUT2D eigenvalue weighted by atomic mass is 35.5. The predicted octanol–water partition coefficient (Wildman–Crippen LogP) is 4.10. The molecule has 1 aromatic carbocycles. The van der Waals surface area contributed by atoms with E-state index < -0.39 is 6.10 Å². The van der Waals surface area contributed by atoms with Gasteiger partial charge in [-0.05, 0) is 42.5 Å². The Labute approximate surface area is 104 Å². The van der Waals surface area contributed by atoms with Crippen molar-refractivity contribution >= 4 is 22.9 Å². The molecule has 3 heteroatoms. The number of rotatable bonds is 2. The Hall–Kier alpha value is -0.830. The van der Waals surface area contributed by atoms with Crippen molar-refractivity contribution in [2.24, 2.45) is 0 Å². The summed E-state index contributed by atoms with van der Waals surface area (Å²) in [7, 11) is 0. The van der Waals surface area contributed by atoms with Gasteiger partial charge in [0.1, 0.15) is 6.10 Å². The van der Waals surface area contributed by atoms with E-state index >= 15 is 0 Å². The molecule has 1 nitrogen and oxygen atoms in total. The fourth-order valence-electron chi connectivity index (χ4n) is 1.64. The molecule has 0 aliphatic rings. The van der Waals surface area contributed by atoms with Crippen molar-refractivity contribution in [3.05, 3.63) is 56.2 Å². The molecule has 0 aliphatic carbocycles. The van der Waals surface area contributed by atoms with Crippen LogP contribution >= 0.6 is 22.9 Å². The maximum absolute atomic E-state index is 10.2. The highest BCUT2D eigenvalue weighted by molar-refractivity contribution is 7.10. The first-order chi connectivity index (χ1) is 7.58. The molecule has 16 heavy (non-hydrogen) atoms. The molecule has 1 heterocycles. The van der Waals surface area contributed by atoms with E-state index in [4.69, 9.17) is 11.6 Å². The second-order valence-electron chi connectivity index (χ2n) is 3.92. The number of aryl methyl sites for hydroxylation is 2. The molecule has 1 N–H and O–H groups in total. The van der Waals surface area contributed by atoms with E-state index in [1.165, 1.54) is 4.88 Å². The van der Waals surface area contributed by atoms with Gasteiger partial charge < -0.3 is 5.11 Å². The van der Waals surface area contributed by atoms with Crippen molar-refractivity contribution in [2.45, 2.75) is 20.0 Å². The molecule has 2 aromatic rings. The maximum atomic E-state index is 10.2. The van der Waals surface area contributed by atoms with Gasteiger partial charge in [-0.2, -0.15) is 0 Å². The molecule has 1 aromatic heterocycles. The van der Waals surface area contributed by atoms with Crippen LogP contribution in [0.25, 0.3) is 0 Å². The zero-order valence-electron chi connectivity index (χ0n) is 9.20. The van der Waals surface area contributed by atoms with Gasteiger partial charge in [-0.25, -0.2) is 0 Å². The molecule has 0 bridgehead atoms. The van der Waals surface area contributed by atoms with Gasteiger partial charge in [-0.1, -0.05) is 23.7 Å². The van der Waals surface area contributed by atoms with Crippen molar-refractivity contribution in [3.8, 4) is 0 Å². The van der Waals surface area contributed by atoms with E-state index in [0.717, 1.165) is 16.7 Å². The molecule has 1 atom stereocenters. The van der Waals surface area contributed by atoms with Gasteiger partial charge in [0.25, 0.3) is 0 Å². The monoisotopic (exact) mass is 252 g/mol. The first-order valence-corrected chi connectivity index (χ1v) is 6.33. The summed E-state index contributed by atoms with van der Waals surface area (Å²) in [5, 5.41) is 12.8. The third-order valence-corrected chi connectivity index (χ3v) is 3.72. The van der Waals surface area contributed by atoms with Crippen LogP contribution in [0.3, 0.4) is 0 Å². The number of aliphatic hydroxyl groups excluding tert-OH is 1. The lowest BCUT2D eigenvalue weighted by atomic mass is 10.0. The number of benzene rings is 1. The molecule has 84 valence electrons. The lowest BCUT2D eigenvalue weighted by Crippen LogP contribution is -1.99. The van der Waals surface area contributed by atoms with E-state index in [9.17, 15) is 5.11 Å². The van der Waals surface area contributed by atoms with Crippen molar-refractivity contribution in [2.75, 3.05) is 0 Å². The van der Waals surface area contributed by atoms with E-state index in [2.05, 4.69) is 0 Å². The standard InChI is InChI=1S/C13H13ClOS/c1-8-3-4-11(12(14)5-8)13(15)10-6-9(2)16-7-10/h3-7,13,15H,1-2H3. The summed E-state index contributed by atoms with van der Waals surface area (Å²) in [6.07, 6.45) is -0.627. The molecular weight excluding hydrogens is 240 g/mol. The molecule has 0 fully saturated rings. The van der Waals surface area contributed by atoms with Crippen molar-refractivity contribution in [1.29, 1.82) is 0 Å². The summed E-state index contributed by atoms with van der Waals surface area (Å²) in [5.41, 5.74) is 2.78. The lowest BCUT2D eigenvalue weighted by Gasteiger charge is -2.11. The third kappa shape index (κ3) is 2.29. The van der Waals surface area contributed by atoms with Crippen LogP contribution in [0.4, 0.5) is 0 Å². The van der Waals surface area contributed by atoms with Crippen LogP contribution in [0.2, 0.25) is 5.02 Å². The molecule has 0 amide bonds. The van der Waals surface area contributed by atoms with E-state index in [1.54, 1.807) is 11.3 Å². The molecule has 1 unspecified atom stereocenters. The molecule has 0 aliphatic heterocycles. The number of hydrogen-bond acceptors (Lipinski definition) is 2. The first-order valence-electron chi connectivity index (χ1n) is 5.07. The van der Waals surface area contributed by atoms with Gasteiger partial charge in [0, 0.05) is 15.5 Å². The largest absolute Gasteiger partial charge is 0.384 e. The number of aliphatic hydroxyl groups is 1. The zero-order valence-corrected chi connectivity index (χ0v) is 10.8. The smallest absolute Gasteiger partial charge is 0.106 e. The summed E-state index contributed by atoms with van der Waals surface area (Å²) < 4.78 is 0. The highest BCUT2D eigenvalue weighted by Crippen LogP contribution is 2.31.